The molecule has 1 aliphatic heterocycles. The second kappa shape index (κ2) is 44.3. The molecule has 1 rings (SSSR count). The van der Waals surface area contributed by atoms with E-state index in [-0.39, 0.29) is 12.5 Å². The minimum Gasteiger partial charge on any atom is -0.394 e. The normalized spacial score (nSPS) is 20.4. The summed E-state index contributed by atoms with van der Waals surface area (Å²) in [6.45, 7) is 3.74. The first-order valence-electron chi connectivity index (χ1n) is 26.7. The van der Waals surface area contributed by atoms with E-state index in [0.717, 1.165) is 44.9 Å². The van der Waals surface area contributed by atoms with Crippen molar-refractivity contribution >= 4 is 5.91 Å². The van der Waals surface area contributed by atoms with Gasteiger partial charge >= 0.3 is 0 Å². The van der Waals surface area contributed by atoms with Gasteiger partial charge in [0.05, 0.1) is 25.4 Å². The van der Waals surface area contributed by atoms with E-state index >= 15 is 0 Å². The van der Waals surface area contributed by atoms with Crippen molar-refractivity contribution in [2.24, 2.45) is 0 Å². The van der Waals surface area contributed by atoms with E-state index in [1.54, 1.807) is 6.08 Å². The maximum atomic E-state index is 13.0. The first kappa shape index (κ1) is 59.4. The molecule has 1 aliphatic rings. The molecule has 7 atom stereocenters. The fraction of sp³-hybridized carbons (Fsp3) is 0.870. The zero-order valence-corrected chi connectivity index (χ0v) is 40.8. The van der Waals surface area contributed by atoms with Gasteiger partial charge in [0.15, 0.2) is 6.29 Å². The minimum absolute atomic E-state index is 0.177. The predicted octanol–water partition coefficient (Wildman–Crippen LogP) is 12.4. The Morgan fingerprint density at radius 2 is 0.937 bits per heavy atom. The first-order valence-corrected chi connectivity index (χ1v) is 26.7. The number of unbranched alkanes of at least 4 members (excludes halogenated alkanes) is 31. The molecule has 0 aliphatic carbocycles. The molecule has 0 aromatic heterocycles. The number of aliphatic hydroxyl groups is 5. The summed E-state index contributed by atoms with van der Waals surface area (Å²) in [5, 5.41) is 54.1. The van der Waals surface area contributed by atoms with Crippen molar-refractivity contribution in [3.8, 4) is 0 Å². The Bertz CT molecular complexity index is 1080. The van der Waals surface area contributed by atoms with Crippen LogP contribution in [0.2, 0.25) is 0 Å². The highest BCUT2D eigenvalue weighted by Crippen LogP contribution is 2.23. The first-order chi connectivity index (χ1) is 30.8. The van der Waals surface area contributed by atoms with Crippen molar-refractivity contribution in [2.45, 2.75) is 288 Å². The van der Waals surface area contributed by atoms with Crippen LogP contribution in [0.15, 0.2) is 36.5 Å². The number of nitrogens with one attached hydrogen (secondary N) is 1. The second-order valence-electron chi connectivity index (χ2n) is 18.7. The van der Waals surface area contributed by atoms with Gasteiger partial charge in [-0.05, 0) is 51.4 Å². The van der Waals surface area contributed by atoms with E-state index in [1.807, 2.05) is 6.08 Å². The van der Waals surface area contributed by atoms with Crippen LogP contribution >= 0.6 is 0 Å². The number of hydrogen-bond acceptors (Lipinski definition) is 8. The number of hydrogen-bond donors (Lipinski definition) is 6. The fourth-order valence-electron chi connectivity index (χ4n) is 8.42. The molecule has 1 saturated heterocycles. The molecule has 9 heteroatoms. The van der Waals surface area contributed by atoms with Gasteiger partial charge in [-0.2, -0.15) is 0 Å². The Labute approximate surface area is 387 Å². The van der Waals surface area contributed by atoms with Gasteiger partial charge in [-0.15, -0.1) is 0 Å². The van der Waals surface area contributed by atoms with Crippen LogP contribution in [0.5, 0.6) is 0 Å². The molecule has 63 heavy (non-hydrogen) atoms. The summed E-state index contributed by atoms with van der Waals surface area (Å²) in [7, 11) is 0. The molecular weight excluding hydrogens is 791 g/mol. The van der Waals surface area contributed by atoms with Gasteiger partial charge in [-0.25, -0.2) is 0 Å². The third-order valence-electron chi connectivity index (χ3n) is 12.7. The van der Waals surface area contributed by atoms with Gasteiger partial charge in [0.2, 0.25) is 5.91 Å². The lowest BCUT2D eigenvalue weighted by Gasteiger charge is -2.40. The molecule has 370 valence electrons. The van der Waals surface area contributed by atoms with Gasteiger partial charge in [-0.3, -0.25) is 4.79 Å². The molecule has 1 amide bonds. The van der Waals surface area contributed by atoms with Crippen LogP contribution in [-0.4, -0.2) is 87.5 Å². The van der Waals surface area contributed by atoms with Gasteiger partial charge in [0.1, 0.15) is 24.4 Å². The highest BCUT2D eigenvalue weighted by molar-refractivity contribution is 5.76. The van der Waals surface area contributed by atoms with E-state index in [1.165, 1.54) is 180 Å². The predicted molar refractivity (Wildman–Crippen MR) is 263 cm³/mol. The van der Waals surface area contributed by atoms with E-state index < -0.39 is 49.5 Å². The van der Waals surface area contributed by atoms with Gasteiger partial charge in [0, 0.05) is 6.42 Å². The smallest absolute Gasteiger partial charge is 0.220 e. The third-order valence-corrected chi connectivity index (χ3v) is 12.7. The monoisotopic (exact) mass is 892 g/mol. The van der Waals surface area contributed by atoms with Crippen LogP contribution in [0, 0.1) is 0 Å². The molecule has 1 heterocycles. The minimum atomic E-state index is -1.56. The molecule has 9 nitrogen and oxygen atoms in total. The molecule has 0 spiro atoms. The molecule has 1 fully saturated rings. The van der Waals surface area contributed by atoms with Gasteiger partial charge in [0.25, 0.3) is 0 Å². The molecular formula is C54H101NO8. The summed E-state index contributed by atoms with van der Waals surface area (Å²) in [5.41, 5.74) is 0. The Morgan fingerprint density at radius 1 is 0.540 bits per heavy atom. The lowest BCUT2D eigenvalue weighted by molar-refractivity contribution is -0.302. The summed E-state index contributed by atoms with van der Waals surface area (Å²) >= 11 is 0. The Kier molecular flexibility index (Phi) is 41.7. The molecule has 0 aromatic rings. The number of rotatable bonds is 45. The van der Waals surface area contributed by atoms with Crippen molar-refractivity contribution in [1.29, 1.82) is 0 Å². The van der Waals surface area contributed by atoms with Crippen LogP contribution in [0.25, 0.3) is 0 Å². The molecule has 6 N–H and O–H groups in total. The summed E-state index contributed by atoms with van der Waals surface area (Å²) in [6.07, 6.45) is 49.5. The highest BCUT2D eigenvalue weighted by Gasteiger charge is 2.44. The number of allylic oxidation sites excluding steroid dienone is 5. The van der Waals surface area contributed by atoms with Crippen molar-refractivity contribution in [3.05, 3.63) is 36.5 Å². The van der Waals surface area contributed by atoms with Crippen LogP contribution in [0.4, 0.5) is 0 Å². The number of carbonyl (C=O) groups excluding carboxylic acids is 1. The van der Waals surface area contributed by atoms with Crippen LogP contribution < -0.4 is 5.32 Å². The standard InChI is InChI=1S/C54H101NO8/c1-3-5-7-9-11-13-14-15-16-17-18-19-20-21-22-23-24-25-26-27-28-29-30-31-32-33-34-36-38-40-42-44-50(58)55-47(48(57)43-41-39-37-35-12-10-8-6-4-2)46-62-54-53(61)52(60)51(59)49(45-56)63-54/h14-15,17-18,41,43,47-49,51-54,56-57,59-61H,3-13,16,19-40,42,44-46H2,1-2H3,(H,55,58)/b15-14-,18-17-,43-41+. The molecule has 0 saturated carbocycles. The maximum absolute atomic E-state index is 13.0. The summed E-state index contributed by atoms with van der Waals surface area (Å²) in [5.74, 6) is -0.177. The summed E-state index contributed by atoms with van der Waals surface area (Å²) in [6, 6.07) is -0.800. The van der Waals surface area contributed by atoms with Crippen molar-refractivity contribution < 1.29 is 39.8 Å². The average Bonchev–Trinajstić information content (AvgIpc) is 3.28. The van der Waals surface area contributed by atoms with Crippen LogP contribution in [0.1, 0.15) is 245 Å². The SMILES string of the molecule is CCCCCCC/C=C\C/C=C\CCCCCCCCCCCCCCCCCCCCCC(=O)NC(COC1OC(CO)C(O)C(O)C1O)C(O)/C=C/CCCCCCCCC. The zero-order valence-electron chi connectivity index (χ0n) is 40.8. The zero-order chi connectivity index (χ0) is 45.9. The number of carbonyl (C=O) groups is 1. The summed E-state index contributed by atoms with van der Waals surface area (Å²) < 4.78 is 11.2. The largest absolute Gasteiger partial charge is 0.394 e. The quantitative estimate of drug-likeness (QED) is 0.0261. The van der Waals surface area contributed by atoms with E-state index in [9.17, 15) is 30.3 Å². The van der Waals surface area contributed by atoms with Crippen molar-refractivity contribution in [1.82, 2.24) is 5.32 Å². The summed E-state index contributed by atoms with van der Waals surface area (Å²) in [4.78, 5) is 13.0. The Balaban J connectivity index is 2.09. The van der Waals surface area contributed by atoms with E-state index in [4.69, 9.17) is 9.47 Å². The Morgan fingerprint density at radius 3 is 1.37 bits per heavy atom. The molecule has 0 aromatic carbocycles. The average molecular weight is 892 g/mol. The van der Waals surface area contributed by atoms with Gasteiger partial charge in [-0.1, -0.05) is 224 Å². The van der Waals surface area contributed by atoms with E-state index in [2.05, 4.69) is 43.5 Å². The topological polar surface area (TPSA) is 149 Å². The molecule has 7 unspecified atom stereocenters. The maximum Gasteiger partial charge on any atom is 0.220 e. The number of ether oxygens (including phenoxy) is 2. The fourth-order valence-corrected chi connectivity index (χ4v) is 8.42. The lowest BCUT2D eigenvalue weighted by atomic mass is 9.99. The lowest BCUT2D eigenvalue weighted by Crippen LogP contribution is -2.60. The highest BCUT2D eigenvalue weighted by atomic mass is 16.7. The third kappa shape index (κ3) is 34.4. The van der Waals surface area contributed by atoms with Gasteiger partial charge < -0.3 is 40.3 Å². The number of aliphatic hydroxyl groups excluding tert-OH is 5. The van der Waals surface area contributed by atoms with E-state index in [0.29, 0.717) is 6.42 Å². The Hall–Kier alpha value is -1.59. The van der Waals surface area contributed by atoms with Crippen LogP contribution in [-0.2, 0) is 14.3 Å². The molecule has 0 bridgehead atoms. The van der Waals surface area contributed by atoms with Crippen molar-refractivity contribution in [2.75, 3.05) is 13.2 Å². The van der Waals surface area contributed by atoms with Crippen LogP contribution in [0.3, 0.4) is 0 Å². The molecule has 0 radical (unpaired) electrons. The van der Waals surface area contributed by atoms with Crippen molar-refractivity contribution in [3.63, 3.8) is 0 Å². The number of amides is 1. The second-order valence-corrected chi connectivity index (χ2v) is 18.7.